The summed E-state index contributed by atoms with van der Waals surface area (Å²) in [6.45, 7) is 24.2. The Morgan fingerprint density at radius 3 is 2.34 bits per heavy atom. The van der Waals surface area contributed by atoms with Crippen LogP contribution in [0.15, 0.2) is 104 Å². The van der Waals surface area contributed by atoms with Gasteiger partial charge in [0, 0.05) is 34.9 Å². The first-order chi connectivity index (χ1) is 24.2. The highest BCUT2D eigenvalue weighted by Crippen LogP contribution is 2.30. The first kappa shape index (κ1) is 43.8. The zero-order valence-electron chi connectivity index (χ0n) is 32.1. The molecule has 0 saturated carbocycles. The van der Waals surface area contributed by atoms with Crippen LogP contribution in [-0.2, 0) is 0 Å². The molecule has 274 valence electrons. The molecule has 4 atom stereocenters. The van der Waals surface area contributed by atoms with E-state index in [0.29, 0.717) is 29.3 Å². The SMILES string of the molecule is C=C.C=CNC(CCC)CCNC.CC.Cc1ccccc1C(=N)/C=C(\C(=N)N)C1=CC2CCC(Nc3cccc(C)c3C)CCNC2C=C1. The van der Waals surface area contributed by atoms with Crippen LogP contribution < -0.4 is 27.0 Å². The van der Waals surface area contributed by atoms with E-state index in [2.05, 4.69) is 98.2 Å². The lowest BCUT2D eigenvalue weighted by atomic mass is 9.82. The molecule has 0 spiro atoms. The molecule has 0 amide bonds. The topological polar surface area (TPSA) is 122 Å². The number of fused-ring (bicyclic) bond motifs is 1. The molecule has 1 saturated heterocycles. The van der Waals surface area contributed by atoms with Crippen molar-refractivity contribution in [3.05, 3.63) is 126 Å². The molecule has 7 nitrogen and oxygen atoms in total. The molecule has 2 aliphatic rings. The van der Waals surface area contributed by atoms with Crippen molar-refractivity contribution in [1.29, 1.82) is 10.8 Å². The molecular formula is C43H67N7. The molecule has 0 aromatic heterocycles. The second-order valence-electron chi connectivity index (χ2n) is 12.5. The molecule has 7 heteroatoms. The minimum atomic E-state index is -0.00838. The molecule has 4 unspecified atom stereocenters. The molecule has 4 rings (SSSR count). The molecule has 1 fully saturated rings. The number of nitrogens with two attached hydrogens (primary N) is 1. The van der Waals surface area contributed by atoms with Gasteiger partial charge in [-0.25, -0.2) is 0 Å². The van der Waals surface area contributed by atoms with Gasteiger partial charge in [-0.15, -0.1) is 13.2 Å². The molecule has 0 radical (unpaired) electrons. The zero-order valence-corrected chi connectivity index (χ0v) is 32.1. The highest BCUT2D eigenvalue weighted by Gasteiger charge is 2.26. The van der Waals surface area contributed by atoms with Crippen molar-refractivity contribution in [3.63, 3.8) is 0 Å². The van der Waals surface area contributed by atoms with E-state index in [0.717, 1.165) is 49.1 Å². The highest BCUT2D eigenvalue weighted by atomic mass is 15.0. The van der Waals surface area contributed by atoms with E-state index in [-0.39, 0.29) is 11.9 Å². The molecule has 1 aliphatic carbocycles. The number of benzene rings is 2. The number of hydrogen-bond acceptors (Lipinski definition) is 6. The van der Waals surface area contributed by atoms with Gasteiger partial charge in [-0.1, -0.05) is 88.4 Å². The normalized spacial score (nSPS) is 18.7. The van der Waals surface area contributed by atoms with Gasteiger partial charge in [0.2, 0.25) is 0 Å². The Morgan fingerprint density at radius 1 is 1.00 bits per heavy atom. The van der Waals surface area contributed by atoms with Crippen molar-refractivity contribution < 1.29 is 0 Å². The van der Waals surface area contributed by atoms with E-state index >= 15 is 0 Å². The minimum absolute atomic E-state index is 0.00838. The van der Waals surface area contributed by atoms with Crippen molar-refractivity contribution in [1.82, 2.24) is 16.0 Å². The van der Waals surface area contributed by atoms with Crippen molar-refractivity contribution in [2.24, 2.45) is 11.7 Å². The summed E-state index contributed by atoms with van der Waals surface area (Å²) in [5, 5.41) is 30.7. The summed E-state index contributed by atoms with van der Waals surface area (Å²) in [4.78, 5) is 0. The summed E-state index contributed by atoms with van der Waals surface area (Å²) in [6.07, 6.45) is 16.9. The highest BCUT2D eigenvalue weighted by molar-refractivity contribution is 6.13. The Kier molecular flexibility index (Phi) is 21.8. The van der Waals surface area contributed by atoms with Gasteiger partial charge in [0.25, 0.3) is 0 Å². The summed E-state index contributed by atoms with van der Waals surface area (Å²) in [5.74, 6) is 0.305. The maximum absolute atomic E-state index is 8.62. The number of anilines is 1. The Hall–Kier alpha value is -4.20. The van der Waals surface area contributed by atoms with E-state index in [4.69, 9.17) is 16.6 Å². The fourth-order valence-electron chi connectivity index (χ4n) is 6.19. The fourth-order valence-corrected chi connectivity index (χ4v) is 6.19. The standard InChI is InChI=1S/C30H37N5.C9H20N2.C2H6.C2H4/c1-19-8-6-10-28(21(19)3)35-24-13-11-23-17-22(12-14-29(23)34-16-15-24)26(30(32)33)18-27(31)25-9-5-4-7-20(25)2;1-4-6-9(11-5-2)7-8-10-3;2*1-2/h4-10,12,14,17-18,23-24,29,31,34-35H,11,13,15-16H2,1-3H3,(H3,32,33);5,9-11H,2,4,6-8H2,1,3H3;1-2H3;1-2H2/b26-18-,31-27?;;;. The van der Waals surface area contributed by atoms with Crippen LogP contribution in [0.2, 0.25) is 0 Å². The predicted molar refractivity (Wildman–Crippen MR) is 221 cm³/mol. The van der Waals surface area contributed by atoms with Gasteiger partial charge < -0.3 is 32.4 Å². The number of rotatable bonds is 13. The average Bonchev–Trinajstić information content (AvgIpc) is 3.11. The molecule has 1 heterocycles. The molecule has 1 aliphatic heterocycles. The summed E-state index contributed by atoms with van der Waals surface area (Å²) >= 11 is 0. The maximum atomic E-state index is 8.62. The van der Waals surface area contributed by atoms with Crippen LogP contribution >= 0.6 is 0 Å². The minimum Gasteiger partial charge on any atom is -0.389 e. The van der Waals surface area contributed by atoms with E-state index in [9.17, 15) is 0 Å². The summed E-state index contributed by atoms with van der Waals surface area (Å²) < 4.78 is 0. The maximum Gasteiger partial charge on any atom is 0.123 e. The molecule has 2 aromatic carbocycles. The second kappa shape index (κ2) is 24.9. The van der Waals surface area contributed by atoms with Crippen LogP contribution in [0.25, 0.3) is 0 Å². The summed E-state index contributed by atoms with van der Waals surface area (Å²) in [5.41, 5.74) is 13.7. The molecule has 0 bridgehead atoms. The molecule has 2 aromatic rings. The molecule has 8 N–H and O–H groups in total. The molecular weight excluding hydrogens is 615 g/mol. The number of amidine groups is 1. The van der Waals surface area contributed by atoms with Crippen molar-refractivity contribution in [3.8, 4) is 0 Å². The van der Waals surface area contributed by atoms with Crippen LogP contribution in [0, 0.1) is 37.5 Å². The van der Waals surface area contributed by atoms with Crippen LogP contribution in [0.4, 0.5) is 5.69 Å². The number of aryl methyl sites for hydroxylation is 2. The lowest BCUT2D eigenvalue weighted by molar-refractivity contribution is 0.375. The summed E-state index contributed by atoms with van der Waals surface area (Å²) in [7, 11) is 1.98. The van der Waals surface area contributed by atoms with Crippen LogP contribution in [0.5, 0.6) is 0 Å². The lowest BCUT2D eigenvalue weighted by Crippen LogP contribution is -2.41. The van der Waals surface area contributed by atoms with Gasteiger partial charge in [0.15, 0.2) is 0 Å². The Morgan fingerprint density at radius 2 is 1.70 bits per heavy atom. The lowest BCUT2D eigenvalue weighted by Gasteiger charge is -2.33. The van der Waals surface area contributed by atoms with Gasteiger partial charge in [0.05, 0.1) is 5.71 Å². The van der Waals surface area contributed by atoms with E-state index in [1.165, 1.54) is 36.1 Å². The van der Waals surface area contributed by atoms with Gasteiger partial charge >= 0.3 is 0 Å². The van der Waals surface area contributed by atoms with Gasteiger partial charge in [-0.2, -0.15) is 0 Å². The van der Waals surface area contributed by atoms with E-state index < -0.39 is 0 Å². The average molecular weight is 682 g/mol. The number of hydrogen-bond donors (Lipinski definition) is 7. The van der Waals surface area contributed by atoms with Crippen LogP contribution in [0.3, 0.4) is 0 Å². The summed E-state index contributed by atoms with van der Waals surface area (Å²) in [6, 6.07) is 15.6. The predicted octanol–water partition coefficient (Wildman–Crippen LogP) is 8.90. The Balaban J connectivity index is 0.000000708. The van der Waals surface area contributed by atoms with Gasteiger partial charge in [0.1, 0.15) is 5.84 Å². The number of nitrogens with one attached hydrogen (secondary N) is 6. The third-order valence-electron chi connectivity index (χ3n) is 9.08. The first-order valence-electron chi connectivity index (χ1n) is 18.4. The zero-order chi connectivity index (χ0) is 37.5. The third-order valence-corrected chi connectivity index (χ3v) is 9.08. The number of allylic oxidation sites excluding steroid dienone is 2. The smallest absolute Gasteiger partial charge is 0.123 e. The molecule has 50 heavy (non-hydrogen) atoms. The van der Waals surface area contributed by atoms with Crippen LogP contribution in [0.1, 0.15) is 81.5 Å². The van der Waals surface area contributed by atoms with E-state index in [1.54, 1.807) is 12.3 Å². The van der Waals surface area contributed by atoms with Crippen molar-refractivity contribution in [2.75, 3.05) is 25.5 Å². The second-order valence-corrected chi connectivity index (χ2v) is 12.5. The third kappa shape index (κ3) is 14.3. The van der Waals surface area contributed by atoms with E-state index in [1.807, 2.05) is 52.1 Å². The first-order valence-corrected chi connectivity index (χ1v) is 18.4. The largest absolute Gasteiger partial charge is 0.389 e. The van der Waals surface area contributed by atoms with Crippen molar-refractivity contribution >= 4 is 17.2 Å². The Bertz CT molecular complexity index is 1420. The van der Waals surface area contributed by atoms with Gasteiger partial charge in [-0.05, 0) is 120 Å². The monoisotopic (exact) mass is 682 g/mol. The fraction of sp³-hybridized carbons (Fsp3) is 0.442. The van der Waals surface area contributed by atoms with Crippen LogP contribution in [-0.4, -0.2) is 49.8 Å². The Labute approximate surface area is 304 Å². The van der Waals surface area contributed by atoms with Crippen molar-refractivity contribution in [2.45, 2.75) is 98.2 Å². The quantitative estimate of drug-likeness (QED) is 0.0647. The van der Waals surface area contributed by atoms with Gasteiger partial charge in [-0.3, -0.25) is 5.41 Å².